The SMILES string of the molecule is CC(C)C(C)N(C)Cc1occc1CN. The van der Waals surface area contributed by atoms with Crippen LogP contribution in [0.3, 0.4) is 0 Å². The Labute approximate surface area is 92.2 Å². The summed E-state index contributed by atoms with van der Waals surface area (Å²) in [5.74, 6) is 1.64. The molecule has 0 fully saturated rings. The molecule has 1 unspecified atom stereocenters. The van der Waals surface area contributed by atoms with E-state index in [1.54, 1.807) is 6.26 Å². The normalized spacial score (nSPS) is 13.8. The fourth-order valence-corrected chi connectivity index (χ4v) is 1.57. The molecule has 2 N–H and O–H groups in total. The van der Waals surface area contributed by atoms with Crippen molar-refractivity contribution in [3.63, 3.8) is 0 Å². The van der Waals surface area contributed by atoms with Crippen LogP contribution < -0.4 is 5.73 Å². The quantitative estimate of drug-likeness (QED) is 0.810. The smallest absolute Gasteiger partial charge is 0.122 e. The largest absolute Gasteiger partial charge is 0.468 e. The van der Waals surface area contributed by atoms with E-state index in [0.29, 0.717) is 18.5 Å². The van der Waals surface area contributed by atoms with Crippen molar-refractivity contribution in [1.29, 1.82) is 0 Å². The fraction of sp³-hybridized carbons (Fsp3) is 0.667. The van der Waals surface area contributed by atoms with Gasteiger partial charge in [0.2, 0.25) is 0 Å². The molecule has 1 heterocycles. The second kappa shape index (κ2) is 5.33. The third kappa shape index (κ3) is 3.08. The summed E-state index contributed by atoms with van der Waals surface area (Å²) < 4.78 is 5.43. The summed E-state index contributed by atoms with van der Waals surface area (Å²) in [5.41, 5.74) is 6.74. The van der Waals surface area contributed by atoms with E-state index < -0.39 is 0 Å². The third-order valence-corrected chi connectivity index (χ3v) is 3.11. The number of nitrogens with two attached hydrogens (primary N) is 1. The molecule has 0 aliphatic heterocycles. The average molecular weight is 210 g/mol. The van der Waals surface area contributed by atoms with Gasteiger partial charge < -0.3 is 10.2 Å². The Morgan fingerprint density at radius 3 is 2.60 bits per heavy atom. The van der Waals surface area contributed by atoms with Crippen molar-refractivity contribution < 1.29 is 4.42 Å². The van der Waals surface area contributed by atoms with Gasteiger partial charge in [-0.2, -0.15) is 0 Å². The van der Waals surface area contributed by atoms with Crippen molar-refractivity contribution in [1.82, 2.24) is 4.90 Å². The highest BCUT2D eigenvalue weighted by Gasteiger charge is 2.15. The molecule has 3 heteroatoms. The minimum Gasteiger partial charge on any atom is -0.468 e. The van der Waals surface area contributed by atoms with E-state index in [-0.39, 0.29) is 0 Å². The first-order chi connectivity index (χ1) is 7.06. The van der Waals surface area contributed by atoms with Crippen molar-refractivity contribution >= 4 is 0 Å². The summed E-state index contributed by atoms with van der Waals surface area (Å²) >= 11 is 0. The maximum Gasteiger partial charge on any atom is 0.122 e. The summed E-state index contributed by atoms with van der Waals surface area (Å²) in [4.78, 5) is 2.29. The molecule has 1 aromatic heterocycles. The minimum absolute atomic E-state index is 0.542. The van der Waals surface area contributed by atoms with Crippen LogP contribution in [-0.2, 0) is 13.1 Å². The molecule has 0 aliphatic rings. The van der Waals surface area contributed by atoms with E-state index in [1.165, 1.54) is 0 Å². The van der Waals surface area contributed by atoms with Crippen LogP contribution in [0, 0.1) is 5.92 Å². The van der Waals surface area contributed by atoms with Crippen LogP contribution in [0.5, 0.6) is 0 Å². The first kappa shape index (κ1) is 12.3. The summed E-state index contributed by atoms with van der Waals surface area (Å²) in [6.45, 7) is 8.07. The average Bonchev–Trinajstić information content (AvgIpc) is 2.63. The number of furan rings is 1. The molecule has 3 nitrogen and oxygen atoms in total. The van der Waals surface area contributed by atoms with Crippen LogP contribution in [0.15, 0.2) is 16.7 Å². The van der Waals surface area contributed by atoms with Gasteiger partial charge in [-0.1, -0.05) is 13.8 Å². The molecular weight excluding hydrogens is 188 g/mol. The monoisotopic (exact) mass is 210 g/mol. The number of hydrogen-bond donors (Lipinski definition) is 1. The maximum absolute atomic E-state index is 5.63. The molecule has 0 aliphatic carbocycles. The van der Waals surface area contributed by atoms with E-state index in [2.05, 4.69) is 32.7 Å². The number of nitrogens with zero attached hydrogens (tertiary/aromatic N) is 1. The Bertz CT molecular complexity index is 294. The van der Waals surface area contributed by atoms with E-state index in [4.69, 9.17) is 10.2 Å². The fourth-order valence-electron chi connectivity index (χ4n) is 1.57. The molecule has 0 spiro atoms. The van der Waals surface area contributed by atoms with E-state index in [9.17, 15) is 0 Å². The van der Waals surface area contributed by atoms with Gasteiger partial charge >= 0.3 is 0 Å². The zero-order valence-electron chi connectivity index (χ0n) is 10.2. The summed E-state index contributed by atoms with van der Waals surface area (Å²) in [5, 5.41) is 0. The van der Waals surface area contributed by atoms with Gasteiger partial charge in [-0.15, -0.1) is 0 Å². The van der Waals surface area contributed by atoms with Crippen LogP contribution in [0.2, 0.25) is 0 Å². The standard InChI is InChI=1S/C12H22N2O/c1-9(2)10(3)14(4)8-12-11(7-13)5-6-15-12/h5-6,9-10H,7-8,13H2,1-4H3. The highest BCUT2D eigenvalue weighted by Crippen LogP contribution is 2.16. The lowest BCUT2D eigenvalue weighted by Crippen LogP contribution is -2.32. The predicted molar refractivity (Wildman–Crippen MR) is 62.4 cm³/mol. The first-order valence-electron chi connectivity index (χ1n) is 5.51. The second-order valence-corrected chi connectivity index (χ2v) is 4.47. The molecule has 0 amide bonds. The summed E-state index contributed by atoms with van der Waals surface area (Å²) in [6, 6.07) is 2.49. The highest BCUT2D eigenvalue weighted by molar-refractivity contribution is 5.16. The molecule has 86 valence electrons. The van der Waals surface area contributed by atoms with E-state index >= 15 is 0 Å². The van der Waals surface area contributed by atoms with Crippen molar-refractivity contribution in [3.05, 3.63) is 23.7 Å². The first-order valence-corrected chi connectivity index (χ1v) is 5.51. The molecule has 1 aromatic rings. The lowest BCUT2D eigenvalue weighted by atomic mass is 10.1. The second-order valence-electron chi connectivity index (χ2n) is 4.47. The maximum atomic E-state index is 5.63. The van der Waals surface area contributed by atoms with Gasteiger partial charge in [-0.3, -0.25) is 4.90 Å². The summed E-state index contributed by atoms with van der Waals surface area (Å²) in [6.07, 6.45) is 1.71. The molecule has 0 saturated heterocycles. The van der Waals surface area contributed by atoms with Crippen LogP contribution in [0.25, 0.3) is 0 Å². The Balaban J connectivity index is 2.61. The third-order valence-electron chi connectivity index (χ3n) is 3.11. The van der Waals surface area contributed by atoms with E-state index in [1.807, 2.05) is 6.07 Å². The lowest BCUT2D eigenvalue weighted by Gasteiger charge is -2.27. The Morgan fingerprint density at radius 1 is 1.40 bits per heavy atom. The van der Waals surface area contributed by atoms with Gasteiger partial charge in [-0.05, 0) is 26.0 Å². The lowest BCUT2D eigenvalue weighted by molar-refractivity contribution is 0.186. The van der Waals surface area contributed by atoms with Crippen molar-refractivity contribution in [3.8, 4) is 0 Å². The minimum atomic E-state index is 0.542. The predicted octanol–water partition coefficient (Wildman–Crippen LogP) is 2.21. The van der Waals surface area contributed by atoms with Crippen LogP contribution in [0.1, 0.15) is 32.1 Å². The molecule has 0 radical (unpaired) electrons. The van der Waals surface area contributed by atoms with E-state index in [0.717, 1.165) is 17.9 Å². The van der Waals surface area contributed by atoms with Gasteiger partial charge in [0.05, 0.1) is 12.8 Å². The van der Waals surface area contributed by atoms with Crippen molar-refractivity contribution in [2.75, 3.05) is 7.05 Å². The molecule has 15 heavy (non-hydrogen) atoms. The number of hydrogen-bond acceptors (Lipinski definition) is 3. The molecule has 1 rings (SSSR count). The topological polar surface area (TPSA) is 42.4 Å². The van der Waals surface area contributed by atoms with Gasteiger partial charge in [0.15, 0.2) is 0 Å². The molecule has 0 saturated carbocycles. The van der Waals surface area contributed by atoms with Gasteiger partial charge in [0.25, 0.3) is 0 Å². The summed E-state index contributed by atoms with van der Waals surface area (Å²) in [7, 11) is 2.12. The van der Waals surface area contributed by atoms with Crippen molar-refractivity contribution in [2.24, 2.45) is 11.7 Å². The molecule has 1 atom stereocenters. The van der Waals surface area contributed by atoms with Crippen molar-refractivity contribution in [2.45, 2.75) is 39.9 Å². The van der Waals surface area contributed by atoms with Crippen LogP contribution in [0.4, 0.5) is 0 Å². The Kier molecular flexibility index (Phi) is 4.36. The van der Waals surface area contributed by atoms with Gasteiger partial charge in [0, 0.05) is 18.2 Å². The zero-order chi connectivity index (χ0) is 11.4. The molecular formula is C12H22N2O. The van der Waals surface area contributed by atoms with Crippen LogP contribution >= 0.6 is 0 Å². The molecule has 0 aromatic carbocycles. The van der Waals surface area contributed by atoms with Crippen LogP contribution in [-0.4, -0.2) is 18.0 Å². The van der Waals surface area contributed by atoms with Gasteiger partial charge in [-0.25, -0.2) is 0 Å². The Hall–Kier alpha value is -0.800. The molecule has 0 bridgehead atoms. The van der Waals surface area contributed by atoms with Gasteiger partial charge in [0.1, 0.15) is 5.76 Å². The Morgan fingerprint density at radius 2 is 2.07 bits per heavy atom. The zero-order valence-corrected chi connectivity index (χ0v) is 10.2. The number of rotatable bonds is 5. The highest BCUT2D eigenvalue weighted by atomic mass is 16.3.